The average Bonchev–Trinajstić information content (AvgIpc) is 2.24. The van der Waals surface area contributed by atoms with Gasteiger partial charge in [0.2, 0.25) is 5.91 Å². The van der Waals surface area contributed by atoms with Gasteiger partial charge in [-0.25, -0.2) is 0 Å². The predicted molar refractivity (Wildman–Crippen MR) is 57.2 cm³/mol. The van der Waals surface area contributed by atoms with E-state index < -0.39 is 30.6 Å². The summed E-state index contributed by atoms with van der Waals surface area (Å²) in [5.41, 5.74) is 0. The molecule has 5 atom stereocenters. The molecule has 2 unspecified atom stereocenters. The summed E-state index contributed by atoms with van der Waals surface area (Å²) < 4.78 is 15.3. The van der Waals surface area contributed by atoms with Crippen molar-refractivity contribution in [3.8, 4) is 0 Å². The number of nitrogens with one attached hydrogen (secondary N) is 1. The van der Waals surface area contributed by atoms with Crippen molar-refractivity contribution in [3.05, 3.63) is 0 Å². The van der Waals surface area contributed by atoms with E-state index in [1.807, 2.05) is 0 Å². The number of carbonyl (C=O) groups excluding carboxylic acids is 1. The van der Waals surface area contributed by atoms with E-state index in [9.17, 15) is 15.0 Å². The van der Waals surface area contributed by atoms with E-state index in [1.54, 1.807) is 0 Å². The third-order valence-corrected chi connectivity index (χ3v) is 2.67. The van der Waals surface area contributed by atoms with Gasteiger partial charge in [-0.05, 0) is 0 Å². The Balaban J connectivity index is 2.75. The minimum absolute atomic E-state index is 0.180. The van der Waals surface area contributed by atoms with Crippen molar-refractivity contribution >= 4 is 5.91 Å². The SMILES string of the molecule is COCC1O[C@@H](O)C(NC(C)=O)[C@@H](O)[C@H]1OC. The van der Waals surface area contributed by atoms with Gasteiger partial charge in [0.15, 0.2) is 6.29 Å². The first-order valence-electron chi connectivity index (χ1n) is 5.31. The molecule has 0 aromatic rings. The number of methoxy groups -OCH3 is 2. The maximum absolute atomic E-state index is 11.0. The van der Waals surface area contributed by atoms with Gasteiger partial charge in [0.05, 0.1) is 6.61 Å². The molecular formula is C10H19NO6. The number of hydrogen-bond acceptors (Lipinski definition) is 6. The molecule has 1 fully saturated rings. The van der Waals surface area contributed by atoms with Gasteiger partial charge in [-0.3, -0.25) is 4.79 Å². The van der Waals surface area contributed by atoms with E-state index >= 15 is 0 Å². The highest BCUT2D eigenvalue weighted by Gasteiger charge is 2.45. The Morgan fingerprint density at radius 3 is 2.53 bits per heavy atom. The summed E-state index contributed by atoms with van der Waals surface area (Å²) >= 11 is 0. The van der Waals surface area contributed by atoms with E-state index in [4.69, 9.17) is 14.2 Å². The second-order valence-corrected chi connectivity index (χ2v) is 3.94. The summed E-state index contributed by atoms with van der Waals surface area (Å²) in [7, 11) is 2.90. The summed E-state index contributed by atoms with van der Waals surface area (Å²) in [5.74, 6) is -0.364. The highest BCUT2D eigenvalue weighted by molar-refractivity contribution is 5.73. The highest BCUT2D eigenvalue weighted by atomic mass is 16.6. The van der Waals surface area contributed by atoms with Crippen molar-refractivity contribution in [2.45, 2.75) is 37.6 Å². The molecule has 1 rings (SSSR count). The lowest BCUT2D eigenvalue weighted by molar-refractivity contribution is -0.260. The van der Waals surface area contributed by atoms with Crippen LogP contribution in [0.1, 0.15) is 6.92 Å². The van der Waals surface area contributed by atoms with Crippen LogP contribution in [0.3, 0.4) is 0 Å². The van der Waals surface area contributed by atoms with Crippen molar-refractivity contribution in [2.24, 2.45) is 0 Å². The van der Waals surface area contributed by atoms with E-state index in [0.717, 1.165) is 0 Å². The predicted octanol–water partition coefficient (Wildman–Crippen LogP) is -1.77. The summed E-state index contributed by atoms with van der Waals surface area (Å²) in [6.07, 6.45) is -3.61. The van der Waals surface area contributed by atoms with Crippen LogP contribution in [0.4, 0.5) is 0 Å². The van der Waals surface area contributed by atoms with Crippen LogP contribution in [0.5, 0.6) is 0 Å². The topological polar surface area (TPSA) is 97.2 Å². The largest absolute Gasteiger partial charge is 0.388 e. The molecule has 1 aliphatic rings. The van der Waals surface area contributed by atoms with E-state index in [2.05, 4.69) is 5.32 Å². The second-order valence-electron chi connectivity index (χ2n) is 3.94. The van der Waals surface area contributed by atoms with Gasteiger partial charge < -0.3 is 29.7 Å². The normalized spacial score (nSPS) is 37.8. The minimum atomic E-state index is -1.29. The summed E-state index contributed by atoms with van der Waals surface area (Å²) in [6.45, 7) is 1.47. The van der Waals surface area contributed by atoms with Gasteiger partial charge in [-0.15, -0.1) is 0 Å². The molecule has 0 radical (unpaired) electrons. The average molecular weight is 249 g/mol. The molecule has 0 aromatic heterocycles. The monoisotopic (exact) mass is 249 g/mol. The van der Waals surface area contributed by atoms with Crippen molar-refractivity contribution in [3.63, 3.8) is 0 Å². The second kappa shape index (κ2) is 6.27. The molecule has 1 amide bonds. The van der Waals surface area contributed by atoms with Crippen LogP contribution in [-0.4, -0.2) is 67.6 Å². The Kier molecular flexibility index (Phi) is 5.29. The quantitative estimate of drug-likeness (QED) is 0.545. The van der Waals surface area contributed by atoms with Crippen LogP contribution in [0, 0.1) is 0 Å². The summed E-state index contributed by atoms with van der Waals surface area (Å²) in [4.78, 5) is 11.0. The van der Waals surface area contributed by atoms with Crippen molar-refractivity contribution in [1.29, 1.82) is 0 Å². The molecule has 1 saturated heterocycles. The molecule has 0 spiro atoms. The van der Waals surface area contributed by atoms with Crippen LogP contribution >= 0.6 is 0 Å². The van der Waals surface area contributed by atoms with Crippen LogP contribution in [0.15, 0.2) is 0 Å². The molecule has 0 aromatic carbocycles. The number of aliphatic hydroxyl groups is 2. The number of hydrogen-bond donors (Lipinski definition) is 3. The maximum Gasteiger partial charge on any atom is 0.217 e. The van der Waals surface area contributed by atoms with Gasteiger partial charge in [-0.1, -0.05) is 0 Å². The fraction of sp³-hybridized carbons (Fsp3) is 0.900. The van der Waals surface area contributed by atoms with Gasteiger partial charge in [-0.2, -0.15) is 0 Å². The molecule has 7 nitrogen and oxygen atoms in total. The van der Waals surface area contributed by atoms with E-state index in [1.165, 1.54) is 21.1 Å². The fourth-order valence-corrected chi connectivity index (χ4v) is 1.92. The molecular weight excluding hydrogens is 230 g/mol. The molecule has 1 aliphatic heterocycles. The van der Waals surface area contributed by atoms with Crippen molar-refractivity contribution in [1.82, 2.24) is 5.32 Å². The Labute approximate surface area is 99.7 Å². The standard InChI is InChI=1S/C10H19NO6/c1-5(12)11-7-8(13)9(16-3)6(4-15-2)17-10(7)14/h6-10,13-14H,4H2,1-3H3,(H,11,12)/t6?,7?,8-,9+,10-/m1/s1. The third-order valence-electron chi connectivity index (χ3n) is 2.67. The van der Waals surface area contributed by atoms with Gasteiger partial charge in [0, 0.05) is 21.1 Å². The van der Waals surface area contributed by atoms with Crippen LogP contribution in [0.2, 0.25) is 0 Å². The zero-order chi connectivity index (χ0) is 13.0. The number of amides is 1. The Bertz CT molecular complexity index is 261. The van der Waals surface area contributed by atoms with Crippen LogP contribution in [0.25, 0.3) is 0 Å². The molecule has 1 heterocycles. The smallest absolute Gasteiger partial charge is 0.217 e. The Hall–Kier alpha value is -0.730. The number of rotatable bonds is 4. The van der Waals surface area contributed by atoms with Gasteiger partial charge >= 0.3 is 0 Å². The maximum atomic E-state index is 11.0. The first kappa shape index (κ1) is 14.3. The number of carbonyl (C=O) groups is 1. The minimum Gasteiger partial charge on any atom is -0.388 e. The Morgan fingerprint density at radius 1 is 1.41 bits per heavy atom. The van der Waals surface area contributed by atoms with Crippen LogP contribution in [-0.2, 0) is 19.0 Å². The zero-order valence-corrected chi connectivity index (χ0v) is 10.1. The third kappa shape index (κ3) is 3.36. The zero-order valence-electron chi connectivity index (χ0n) is 10.1. The lowest BCUT2D eigenvalue weighted by Crippen LogP contribution is -2.64. The number of aliphatic hydroxyl groups excluding tert-OH is 2. The molecule has 17 heavy (non-hydrogen) atoms. The molecule has 0 bridgehead atoms. The highest BCUT2D eigenvalue weighted by Crippen LogP contribution is 2.22. The van der Waals surface area contributed by atoms with Crippen molar-refractivity contribution < 1.29 is 29.2 Å². The van der Waals surface area contributed by atoms with Gasteiger partial charge in [0.1, 0.15) is 24.4 Å². The summed E-state index contributed by atoms with van der Waals surface area (Å²) in [6, 6.07) is -0.912. The molecule has 0 saturated carbocycles. The molecule has 100 valence electrons. The fourth-order valence-electron chi connectivity index (χ4n) is 1.92. The molecule has 0 aliphatic carbocycles. The first-order chi connectivity index (χ1) is 8.01. The molecule has 7 heteroatoms. The lowest BCUT2D eigenvalue weighted by atomic mass is 9.97. The Morgan fingerprint density at radius 2 is 2.06 bits per heavy atom. The van der Waals surface area contributed by atoms with Crippen LogP contribution < -0.4 is 5.32 Å². The van der Waals surface area contributed by atoms with Crippen molar-refractivity contribution in [2.75, 3.05) is 20.8 Å². The first-order valence-corrected chi connectivity index (χ1v) is 5.31. The molecule has 3 N–H and O–H groups in total. The van der Waals surface area contributed by atoms with E-state index in [0.29, 0.717) is 0 Å². The van der Waals surface area contributed by atoms with E-state index in [-0.39, 0.29) is 12.5 Å². The van der Waals surface area contributed by atoms with Gasteiger partial charge in [0.25, 0.3) is 0 Å². The number of ether oxygens (including phenoxy) is 3. The lowest BCUT2D eigenvalue weighted by Gasteiger charge is -2.42. The summed E-state index contributed by atoms with van der Waals surface area (Å²) in [5, 5.41) is 22.1.